The first-order chi connectivity index (χ1) is 12.1. The highest BCUT2D eigenvalue weighted by molar-refractivity contribution is 5.53. The van der Waals surface area contributed by atoms with Crippen LogP contribution < -0.4 is 5.32 Å². The Hall–Kier alpha value is -1.91. The minimum absolute atomic E-state index is 0.564. The molecule has 1 aromatic heterocycles. The molecule has 2 aromatic rings. The molecule has 1 saturated heterocycles. The normalized spacial score (nSPS) is 16.3. The van der Waals surface area contributed by atoms with Crippen molar-refractivity contribution in [2.75, 3.05) is 32.5 Å². The standard InChI is InChI=1S/C21H30N4/c1-17-6-7-21(19(13-17)16-24(2)3)23-20-8-11-25(12-9-20)15-18-5-4-10-22-14-18/h4-7,10,13-14,20,23H,8-9,11-12,15-16H2,1-3H3. The first kappa shape index (κ1) is 17.9. The molecule has 3 rings (SSSR count). The fourth-order valence-corrected chi connectivity index (χ4v) is 3.54. The van der Waals surface area contributed by atoms with E-state index in [4.69, 9.17) is 0 Å². The van der Waals surface area contributed by atoms with Crippen molar-refractivity contribution in [2.24, 2.45) is 0 Å². The van der Waals surface area contributed by atoms with Gasteiger partial charge in [0.05, 0.1) is 0 Å². The molecule has 0 aliphatic carbocycles. The van der Waals surface area contributed by atoms with Gasteiger partial charge in [-0.2, -0.15) is 0 Å². The van der Waals surface area contributed by atoms with E-state index < -0.39 is 0 Å². The number of pyridine rings is 1. The van der Waals surface area contributed by atoms with Gasteiger partial charge in [0.1, 0.15) is 0 Å². The highest BCUT2D eigenvalue weighted by Gasteiger charge is 2.20. The van der Waals surface area contributed by atoms with Gasteiger partial charge in [0.15, 0.2) is 0 Å². The Kier molecular flexibility index (Phi) is 6.05. The molecule has 0 amide bonds. The van der Waals surface area contributed by atoms with Crippen LogP contribution in [0.3, 0.4) is 0 Å². The van der Waals surface area contributed by atoms with Crippen LogP contribution in [0.2, 0.25) is 0 Å². The Balaban J connectivity index is 1.55. The number of aryl methyl sites for hydroxylation is 1. The van der Waals surface area contributed by atoms with Crippen LogP contribution in [0.1, 0.15) is 29.5 Å². The minimum Gasteiger partial charge on any atom is -0.382 e. The summed E-state index contributed by atoms with van der Waals surface area (Å²) in [6.07, 6.45) is 6.20. The third-order valence-electron chi connectivity index (χ3n) is 4.82. The maximum absolute atomic E-state index is 4.22. The number of rotatable bonds is 6. The monoisotopic (exact) mass is 338 g/mol. The van der Waals surface area contributed by atoms with E-state index in [-0.39, 0.29) is 0 Å². The number of hydrogen-bond acceptors (Lipinski definition) is 4. The van der Waals surface area contributed by atoms with Gasteiger partial charge in [0.25, 0.3) is 0 Å². The van der Waals surface area contributed by atoms with Crippen molar-refractivity contribution in [1.82, 2.24) is 14.8 Å². The van der Waals surface area contributed by atoms with E-state index in [1.807, 2.05) is 18.5 Å². The number of anilines is 1. The quantitative estimate of drug-likeness (QED) is 0.873. The SMILES string of the molecule is Cc1ccc(NC2CCN(Cc3cccnc3)CC2)c(CN(C)C)c1. The molecule has 0 saturated carbocycles. The second-order valence-corrected chi connectivity index (χ2v) is 7.45. The number of hydrogen-bond donors (Lipinski definition) is 1. The molecule has 0 radical (unpaired) electrons. The number of benzene rings is 1. The van der Waals surface area contributed by atoms with E-state index in [1.165, 1.54) is 35.2 Å². The lowest BCUT2D eigenvalue weighted by molar-refractivity contribution is 0.211. The molecule has 0 bridgehead atoms. The van der Waals surface area contributed by atoms with Crippen LogP contribution in [0.4, 0.5) is 5.69 Å². The smallest absolute Gasteiger partial charge is 0.0388 e. The summed E-state index contributed by atoms with van der Waals surface area (Å²) in [5.41, 5.74) is 5.32. The maximum atomic E-state index is 4.22. The summed E-state index contributed by atoms with van der Waals surface area (Å²) in [5.74, 6) is 0. The summed E-state index contributed by atoms with van der Waals surface area (Å²) in [7, 11) is 4.26. The van der Waals surface area contributed by atoms with E-state index in [0.717, 1.165) is 26.2 Å². The molecular formula is C21H30N4. The molecule has 0 spiro atoms. The van der Waals surface area contributed by atoms with Gasteiger partial charge in [-0.25, -0.2) is 0 Å². The van der Waals surface area contributed by atoms with E-state index in [9.17, 15) is 0 Å². The molecule has 4 nitrogen and oxygen atoms in total. The molecular weight excluding hydrogens is 308 g/mol. The zero-order valence-electron chi connectivity index (χ0n) is 15.7. The van der Waals surface area contributed by atoms with Crippen molar-refractivity contribution >= 4 is 5.69 Å². The van der Waals surface area contributed by atoms with Crippen LogP contribution in [-0.4, -0.2) is 48.0 Å². The third-order valence-corrected chi connectivity index (χ3v) is 4.82. The van der Waals surface area contributed by atoms with Crippen LogP contribution in [0.15, 0.2) is 42.7 Å². The van der Waals surface area contributed by atoms with Crippen molar-refractivity contribution in [2.45, 2.75) is 38.9 Å². The fourth-order valence-electron chi connectivity index (χ4n) is 3.54. The summed E-state index contributed by atoms with van der Waals surface area (Å²) < 4.78 is 0. The molecule has 1 N–H and O–H groups in total. The molecule has 1 fully saturated rings. The number of aromatic nitrogens is 1. The van der Waals surface area contributed by atoms with E-state index in [0.29, 0.717) is 6.04 Å². The minimum atomic E-state index is 0.564. The topological polar surface area (TPSA) is 31.4 Å². The number of likely N-dealkylation sites (tertiary alicyclic amines) is 1. The summed E-state index contributed by atoms with van der Waals surface area (Å²) >= 11 is 0. The molecule has 25 heavy (non-hydrogen) atoms. The van der Waals surface area contributed by atoms with Crippen molar-refractivity contribution in [3.05, 3.63) is 59.4 Å². The second kappa shape index (κ2) is 8.45. The van der Waals surface area contributed by atoms with Gasteiger partial charge in [0, 0.05) is 50.3 Å². The molecule has 1 aromatic carbocycles. The summed E-state index contributed by atoms with van der Waals surface area (Å²) in [5, 5.41) is 3.80. The molecule has 0 atom stereocenters. The summed E-state index contributed by atoms with van der Waals surface area (Å²) in [4.78, 5) is 8.98. The third kappa shape index (κ3) is 5.28. The summed E-state index contributed by atoms with van der Waals surface area (Å²) in [6, 6.07) is 11.5. The van der Waals surface area contributed by atoms with Crippen LogP contribution in [-0.2, 0) is 13.1 Å². The van der Waals surface area contributed by atoms with Gasteiger partial charge in [0.2, 0.25) is 0 Å². The Labute approximate surface area is 151 Å². The van der Waals surface area contributed by atoms with E-state index in [1.54, 1.807) is 0 Å². The zero-order valence-corrected chi connectivity index (χ0v) is 15.7. The number of piperidine rings is 1. The Morgan fingerprint density at radius 1 is 1.20 bits per heavy atom. The molecule has 1 aliphatic rings. The number of nitrogens with one attached hydrogen (secondary N) is 1. The first-order valence-electron chi connectivity index (χ1n) is 9.22. The van der Waals surface area contributed by atoms with Gasteiger partial charge in [-0.15, -0.1) is 0 Å². The van der Waals surface area contributed by atoms with Gasteiger partial charge < -0.3 is 10.2 Å². The summed E-state index contributed by atoms with van der Waals surface area (Å²) in [6.45, 7) is 6.43. The number of nitrogens with zero attached hydrogens (tertiary/aromatic N) is 3. The van der Waals surface area contributed by atoms with Gasteiger partial charge in [-0.1, -0.05) is 23.8 Å². The predicted octanol–water partition coefficient (Wildman–Crippen LogP) is 3.53. The average Bonchev–Trinajstić information content (AvgIpc) is 2.59. The van der Waals surface area contributed by atoms with E-state index in [2.05, 4.69) is 65.4 Å². The average molecular weight is 338 g/mol. The first-order valence-corrected chi connectivity index (χ1v) is 9.22. The van der Waals surface area contributed by atoms with Crippen LogP contribution in [0, 0.1) is 6.92 Å². The van der Waals surface area contributed by atoms with Gasteiger partial charge in [-0.05, 0) is 57.1 Å². The van der Waals surface area contributed by atoms with E-state index >= 15 is 0 Å². The Morgan fingerprint density at radius 3 is 2.68 bits per heavy atom. The molecule has 0 unspecified atom stereocenters. The van der Waals surface area contributed by atoms with Crippen molar-refractivity contribution in [3.8, 4) is 0 Å². The van der Waals surface area contributed by atoms with Crippen molar-refractivity contribution < 1.29 is 0 Å². The lowest BCUT2D eigenvalue weighted by Crippen LogP contribution is -2.38. The molecule has 4 heteroatoms. The fraction of sp³-hybridized carbons (Fsp3) is 0.476. The molecule has 2 heterocycles. The Bertz CT molecular complexity index is 661. The van der Waals surface area contributed by atoms with Crippen LogP contribution >= 0.6 is 0 Å². The van der Waals surface area contributed by atoms with Crippen molar-refractivity contribution in [3.63, 3.8) is 0 Å². The van der Waals surface area contributed by atoms with Crippen molar-refractivity contribution in [1.29, 1.82) is 0 Å². The van der Waals surface area contributed by atoms with Gasteiger partial charge >= 0.3 is 0 Å². The van der Waals surface area contributed by atoms with Crippen LogP contribution in [0.5, 0.6) is 0 Å². The largest absolute Gasteiger partial charge is 0.382 e. The van der Waals surface area contributed by atoms with Crippen LogP contribution in [0.25, 0.3) is 0 Å². The lowest BCUT2D eigenvalue weighted by atomic mass is 10.0. The molecule has 1 aliphatic heterocycles. The maximum Gasteiger partial charge on any atom is 0.0388 e. The predicted molar refractivity (Wildman–Crippen MR) is 105 cm³/mol. The highest BCUT2D eigenvalue weighted by Crippen LogP contribution is 2.23. The zero-order chi connectivity index (χ0) is 17.6. The lowest BCUT2D eigenvalue weighted by Gasteiger charge is -2.33. The second-order valence-electron chi connectivity index (χ2n) is 7.45. The molecule has 134 valence electrons. The Morgan fingerprint density at radius 2 is 2.00 bits per heavy atom. The highest BCUT2D eigenvalue weighted by atomic mass is 15.1. The van der Waals surface area contributed by atoms with Gasteiger partial charge in [-0.3, -0.25) is 9.88 Å².